The minimum atomic E-state index is 0.0816. The zero-order valence-corrected chi connectivity index (χ0v) is 22.7. The molecule has 0 aliphatic carbocycles. The molecule has 0 amide bonds. The monoisotopic (exact) mass is 531 g/mol. The third kappa shape index (κ3) is 6.59. The van der Waals surface area contributed by atoms with Crippen LogP contribution in [0.3, 0.4) is 0 Å². The summed E-state index contributed by atoms with van der Waals surface area (Å²) in [6.45, 7) is 8.62. The molecule has 4 aromatic rings. The maximum atomic E-state index is 9.08. The van der Waals surface area contributed by atoms with Crippen molar-refractivity contribution in [2.24, 2.45) is 0 Å². The van der Waals surface area contributed by atoms with Gasteiger partial charge in [-0.2, -0.15) is 0 Å². The normalized spacial score (nSPS) is 14.1. The van der Waals surface area contributed by atoms with E-state index in [0.29, 0.717) is 31.2 Å². The molecule has 1 fully saturated rings. The molecule has 0 spiro atoms. The molecule has 0 atom stereocenters. The van der Waals surface area contributed by atoms with Crippen LogP contribution >= 0.6 is 0 Å². The lowest BCUT2D eigenvalue weighted by Crippen LogP contribution is -2.37. The van der Waals surface area contributed by atoms with Gasteiger partial charge in [0.05, 0.1) is 33.5 Å². The number of methoxy groups -OCH3 is 1. The Bertz CT molecular complexity index is 1380. The quantitative estimate of drug-likeness (QED) is 0.255. The van der Waals surface area contributed by atoms with Gasteiger partial charge in [0, 0.05) is 49.9 Å². The number of nitrogens with zero attached hydrogens (tertiary/aromatic N) is 2. The van der Waals surface area contributed by atoms with Crippen molar-refractivity contribution in [3.63, 3.8) is 0 Å². The third-order valence-corrected chi connectivity index (χ3v) is 7.10. The molecule has 2 N–H and O–H groups in total. The first-order chi connectivity index (χ1) is 19.2. The summed E-state index contributed by atoms with van der Waals surface area (Å²) in [5.74, 6) is 2.17. The van der Waals surface area contributed by atoms with Crippen molar-refractivity contribution in [3.8, 4) is 34.1 Å². The number of ether oxygens (including phenoxy) is 3. The van der Waals surface area contributed by atoms with E-state index in [1.165, 1.54) is 0 Å². The van der Waals surface area contributed by atoms with Crippen LogP contribution in [-0.2, 0) is 11.3 Å². The van der Waals surface area contributed by atoms with Crippen LogP contribution in [0, 0.1) is 6.92 Å². The number of oxazole rings is 1. The summed E-state index contributed by atoms with van der Waals surface area (Å²) in [6.07, 6.45) is 0.987. The van der Waals surface area contributed by atoms with E-state index in [1.54, 1.807) is 7.11 Å². The van der Waals surface area contributed by atoms with Gasteiger partial charge in [0.15, 0.2) is 5.58 Å². The summed E-state index contributed by atoms with van der Waals surface area (Å²) >= 11 is 0. The number of morpholine rings is 1. The van der Waals surface area contributed by atoms with Crippen molar-refractivity contribution in [1.82, 2.24) is 15.2 Å². The maximum absolute atomic E-state index is 9.08. The molecule has 0 saturated carbocycles. The highest BCUT2D eigenvalue weighted by Gasteiger charge is 2.16. The highest BCUT2D eigenvalue weighted by Crippen LogP contribution is 2.35. The van der Waals surface area contributed by atoms with Crippen LogP contribution in [0.4, 0.5) is 0 Å². The first kappa shape index (κ1) is 27.1. The largest absolute Gasteiger partial charge is 0.496 e. The second-order valence-corrected chi connectivity index (χ2v) is 9.71. The number of nitrogens with one attached hydrogen (secondary N) is 1. The molecule has 1 aliphatic heterocycles. The van der Waals surface area contributed by atoms with Crippen molar-refractivity contribution in [3.05, 3.63) is 65.7 Å². The fourth-order valence-electron chi connectivity index (χ4n) is 4.98. The predicted molar refractivity (Wildman–Crippen MR) is 152 cm³/mol. The fraction of sp³-hybridized carbons (Fsp3) is 0.387. The minimum absolute atomic E-state index is 0.0816. The molecule has 206 valence electrons. The average molecular weight is 532 g/mol. The predicted octanol–water partition coefficient (Wildman–Crippen LogP) is 4.66. The molecular weight excluding hydrogens is 494 g/mol. The Morgan fingerprint density at radius 2 is 1.87 bits per heavy atom. The molecule has 8 heteroatoms. The van der Waals surface area contributed by atoms with E-state index in [1.807, 2.05) is 36.4 Å². The van der Waals surface area contributed by atoms with E-state index in [9.17, 15) is 0 Å². The highest BCUT2D eigenvalue weighted by atomic mass is 16.5. The molecule has 3 aromatic carbocycles. The Hall–Kier alpha value is -3.43. The summed E-state index contributed by atoms with van der Waals surface area (Å²) in [6, 6.07) is 18.3. The second kappa shape index (κ2) is 13.1. The molecule has 39 heavy (non-hydrogen) atoms. The Kier molecular flexibility index (Phi) is 9.11. The van der Waals surface area contributed by atoms with Gasteiger partial charge >= 0.3 is 0 Å². The van der Waals surface area contributed by atoms with Crippen molar-refractivity contribution in [1.29, 1.82) is 0 Å². The molecule has 1 aromatic heterocycles. The lowest BCUT2D eigenvalue weighted by molar-refractivity contribution is 0.0358. The van der Waals surface area contributed by atoms with Gasteiger partial charge in [-0.3, -0.25) is 4.90 Å². The van der Waals surface area contributed by atoms with E-state index >= 15 is 0 Å². The van der Waals surface area contributed by atoms with Gasteiger partial charge in [0.2, 0.25) is 5.89 Å². The fourth-order valence-corrected chi connectivity index (χ4v) is 4.98. The van der Waals surface area contributed by atoms with E-state index in [4.69, 9.17) is 28.7 Å². The summed E-state index contributed by atoms with van der Waals surface area (Å²) in [4.78, 5) is 7.24. The highest BCUT2D eigenvalue weighted by molar-refractivity contribution is 5.82. The van der Waals surface area contributed by atoms with Gasteiger partial charge in [0.25, 0.3) is 0 Å². The van der Waals surface area contributed by atoms with Crippen LogP contribution in [0.2, 0.25) is 0 Å². The van der Waals surface area contributed by atoms with Crippen LogP contribution in [-0.4, -0.2) is 74.7 Å². The van der Waals surface area contributed by atoms with Gasteiger partial charge in [0.1, 0.15) is 17.0 Å². The molecule has 0 bridgehead atoms. The zero-order chi connectivity index (χ0) is 27.0. The minimum Gasteiger partial charge on any atom is -0.496 e. The molecule has 1 saturated heterocycles. The van der Waals surface area contributed by atoms with Crippen LogP contribution in [0.15, 0.2) is 59.0 Å². The van der Waals surface area contributed by atoms with Gasteiger partial charge < -0.3 is 29.1 Å². The zero-order valence-electron chi connectivity index (χ0n) is 22.7. The lowest BCUT2D eigenvalue weighted by atomic mass is 9.96. The summed E-state index contributed by atoms with van der Waals surface area (Å²) in [5.41, 5.74) is 6.64. The first-order valence-electron chi connectivity index (χ1n) is 13.6. The van der Waals surface area contributed by atoms with Crippen molar-refractivity contribution in [2.75, 3.05) is 59.7 Å². The Morgan fingerprint density at radius 1 is 1.05 bits per heavy atom. The summed E-state index contributed by atoms with van der Waals surface area (Å²) in [7, 11) is 1.64. The number of rotatable bonds is 12. The number of fused-ring (bicyclic) bond motifs is 1. The average Bonchev–Trinajstić information content (AvgIpc) is 3.38. The number of aliphatic hydroxyl groups excluding tert-OH is 1. The van der Waals surface area contributed by atoms with Gasteiger partial charge in [-0.15, -0.1) is 0 Å². The second-order valence-electron chi connectivity index (χ2n) is 9.71. The van der Waals surface area contributed by atoms with Crippen LogP contribution < -0.4 is 14.8 Å². The molecule has 8 nitrogen and oxygen atoms in total. The summed E-state index contributed by atoms with van der Waals surface area (Å²) in [5, 5.41) is 12.3. The lowest BCUT2D eigenvalue weighted by Gasteiger charge is -2.26. The molecule has 0 radical (unpaired) electrons. The molecule has 5 rings (SSSR count). The number of aliphatic hydroxyl groups is 1. The molecule has 2 heterocycles. The van der Waals surface area contributed by atoms with Crippen molar-refractivity contribution >= 4 is 11.1 Å². The van der Waals surface area contributed by atoms with E-state index in [0.717, 1.165) is 84.1 Å². The van der Waals surface area contributed by atoms with E-state index in [-0.39, 0.29) is 6.61 Å². The van der Waals surface area contributed by atoms with Crippen LogP contribution in [0.1, 0.15) is 17.5 Å². The number of benzene rings is 3. The smallest absolute Gasteiger partial charge is 0.227 e. The SMILES string of the molecule is COc1cc2oc(-c3cccc(-c4cccc(OCCCN5CCOCC5)c4)c3C)nc2cc1CNCCO. The number of hydrogen-bond acceptors (Lipinski definition) is 8. The number of aromatic nitrogens is 1. The third-order valence-electron chi connectivity index (χ3n) is 7.10. The van der Waals surface area contributed by atoms with Gasteiger partial charge in [-0.25, -0.2) is 4.98 Å². The van der Waals surface area contributed by atoms with Crippen LogP contribution in [0.25, 0.3) is 33.7 Å². The Labute approximate surface area is 229 Å². The summed E-state index contributed by atoms with van der Waals surface area (Å²) < 4.78 is 23.3. The van der Waals surface area contributed by atoms with Gasteiger partial charge in [-0.05, 0) is 54.3 Å². The van der Waals surface area contributed by atoms with E-state index in [2.05, 4.69) is 35.3 Å². The van der Waals surface area contributed by atoms with Gasteiger partial charge in [-0.1, -0.05) is 24.3 Å². The molecule has 1 aliphatic rings. The standard InChI is InChI=1S/C31H37N3O5/c1-22-26(23-6-3-7-25(18-23)38-15-5-11-34-12-16-37-17-13-34)8-4-9-27(22)31-33-28-19-24(21-32-10-14-35)29(36-2)20-30(28)39-31/h3-4,6-9,18-20,32,35H,5,10-17,21H2,1-2H3. The maximum Gasteiger partial charge on any atom is 0.227 e. The number of hydrogen-bond donors (Lipinski definition) is 2. The Balaban J connectivity index is 1.33. The van der Waals surface area contributed by atoms with Crippen molar-refractivity contribution in [2.45, 2.75) is 19.9 Å². The first-order valence-corrected chi connectivity index (χ1v) is 13.6. The van der Waals surface area contributed by atoms with E-state index < -0.39 is 0 Å². The molecule has 0 unspecified atom stereocenters. The Morgan fingerprint density at radius 3 is 2.69 bits per heavy atom. The molecular formula is C31H37N3O5. The van der Waals surface area contributed by atoms with Crippen LogP contribution in [0.5, 0.6) is 11.5 Å². The van der Waals surface area contributed by atoms with Crippen molar-refractivity contribution < 1.29 is 23.7 Å². The topological polar surface area (TPSA) is 89.2 Å².